The van der Waals surface area contributed by atoms with Crippen molar-refractivity contribution in [2.24, 2.45) is 17.3 Å². The first-order chi connectivity index (χ1) is 13.3. The molecule has 5 heteroatoms. The second-order valence-corrected chi connectivity index (χ2v) is 8.86. The van der Waals surface area contributed by atoms with Crippen LogP contribution in [0.5, 0.6) is 11.5 Å². The number of hydrogen-bond donors (Lipinski definition) is 1. The number of likely N-dealkylation sites (N-methyl/N-ethyl adjacent to an activating group) is 1. The summed E-state index contributed by atoms with van der Waals surface area (Å²) in [6.07, 6.45) is 4.33. The zero-order chi connectivity index (χ0) is 20.3. The molecule has 1 aromatic rings. The van der Waals surface area contributed by atoms with Crippen LogP contribution >= 0.6 is 0 Å². The van der Waals surface area contributed by atoms with Gasteiger partial charge in [0.2, 0.25) is 0 Å². The summed E-state index contributed by atoms with van der Waals surface area (Å²) in [5.74, 6) is 3.07. The van der Waals surface area contributed by atoms with E-state index in [4.69, 9.17) is 14.2 Å². The molecule has 156 valence electrons. The first kappa shape index (κ1) is 21.2. The van der Waals surface area contributed by atoms with E-state index >= 15 is 0 Å². The summed E-state index contributed by atoms with van der Waals surface area (Å²) in [5.41, 5.74) is 2.91. The molecule has 0 aliphatic heterocycles. The molecule has 2 bridgehead atoms. The molecule has 1 N–H and O–H groups in total. The summed E-state index contributed by atoms with van der Waals surface area (Å²) >= 11 is 0. The quantitative estimate of drug-likeness (QED) is 0.621. The van der Waals surface area contributed by atoms with E-state index < -0.39 is 6.10 Å². The average molecular weight is 390 g/mol. The van der Waals surface area contributed by atoms with Gasteiger partial charge in [-0.15, -0.1) is 0 Å². The molecule has 0 heterocycles. The second kappa shape index (κ2) is 8.85. The number of fused-ring (bicyclic) bond motifs is 1. The fraction of sp³-hybridized carbons (Fsp3) is 0.652. The van der Waals surface area contributed by atoms with Crippen LogP contribution in [0.25, 0.3) is 0 Å². The summed E-state index contributed by atoms with van der Waals surface area (Å²) in [7, 11) is 5.30. The van der Waals surface area contributed by atoms with E-state index in [9.17, 15) is 5.11 Å². The highest BCUT2D eigenvalue weighted by Gasteiger charge is 2.50. The molecule has 1 saturated carbocycles. The minimum Gasteiger partial charge on any atom is -0.497 e. The lowest BCUT2D eigenvalue weighted by Gasteiger charge is -2.56. The maximum atomic E-state index is 10.4. The highest BCUT2D eigenvalue weighted by atomic mass is 16.5. The van der Waals surface area contributed by atoms with Crippen molar-refractivity contribution >= 4 is 0 Å². The standard InChI is InChI=1S/C23H35NO4/c1-23(2)18-8-6-17(21(23)10-18)14-28-15-19(25)13-24(3)12-16-7-9-20(26-4)11-22(16)27-5/h6-7,9,11,18-19,21,25H,8,10,12-15H2,1-5H3/t18-,19-,21+/m0/s1. The summed E-state index contributed by atoms with van der Waals surface area (Å²) in [6.45, 7) is 6.98. The third-order valence-corrected chi connectivity index (χ3v) is 6.62. The van der Waals surface area contributed by atoms with Gasteiger partial charge in [-0.05, 0) is 48.8 Å². The normalized spacial score (nSPS) is 23.8. The van der Waals surface area contributed by atoms with Gasteiger partial charge in [0, 0.05) is 24.7 Å². The molecule has 5 nitrogen and oxygen atoms in total. The molecule has 28 heavy (non-hydrogen) atoms. The SMILES string of the molecule is COc1ccc(CN(C)C[C@H](O)COCC2=CC[C@H]3C[C@H]2C3(C)C)c(OC)c1. The van der Waals surface area contributed by atoms with Gasteiger partial charge in [0.25, 0.3) is 0 Å². The van der Waals surface area contributed by atoms with E-state index in [1.807, 2.05) is 25.2 Å². The minimum atomic E-state index is -0.513. The van der Waals surface area contributed by atoms with Crippen molar-refractivity contribution < 1.29 is 19.3 Å². The van der Waals surface area contributed by atoms with Crippen molar-refractivity contribution in [1.29, 1.82) is 0 Å². The topological polar surface area (TPSA) is 51.2 Å². The number of allylic oxidation sites excluding steroid dienone is 1. The Balaban J connectivity index is 1.42. The molecule has 0 unspecified atom stereocenters. The molecule has 0 aromatic heterocycles. The summed E-state index contributed by atoms with van der Waals surface area (Å²) in [6, 6.07) is 5.81. The predicted molar refractivity (Wildman–Crippen MR) is 111 cm³/mol. The number of ether oxygens (including phenoxy) is 3. The Labute approximate surface area is 169 Å². The third kappa shape index (κ3) is 4.53. The lowest BCUT2D eigenvalue weighted by atomic mass is 9.49. The number of rotatable bonds is 10. The van der Waals surface area contributed by atoms with Crippen molar-refractivity contribution in [3.05, 3.63) is 35.4 Å². The molecule has 0 spiro atoms. The van der Waals surface area contributed by atoms with E-state index in [1.165, 1.54) is 18.4 Å². The van der Waals surface area contributed by atoms with Gasteiger partial charge in [-0.25, -0.2) is 0 Å². The molecule has 3 aliphatic rings. The Morgan fingerprint density at radius 2 is 2.04 bits per heavy atom. The van der Waals surface area contributed by atoms with Gasteiger partial charge in [0.15, 0.2) is 0 Å². The van der Waals surface area contributed by atoms with E-state index in [0.29, 0.717) is 37.6 Å². The van der Waals surface area contributed by atoms with Gasteiger partial charge >= 0.3 is 0 Å². The van der Waals surface area contributed by atoms with E-state index in [0.717, 1.165) is 23.0 Å². The van der Waals surface area contributed by atoms with E-state index in [-0.39, 0.29) is 0 Å². The lowest BCUT2D eigenvalue weighted by Crippen LogP contribution is -2.48. The zero-order valence-corrected chi connectivity index (χ0v) is 17.9. The molecule has 1 fully saturated rings. The summed E-state index contributed by atoms with van der Waals surface area (Å²) < 4.78 is 16.6. The van der Waals surface area contributed by atoms with Crippen LogP contribution in [0.4, 0.5) is 0 Å². The highest BCUT2D eigenvalue weighted by molar-refractivity contribution is 5.40. The van der Waals surface area contributed by atoms with Gasteiger partial charge < -0.3 is 19.3 Å². The van der Waals surface area contributed by atoms with Crippen LogP contribution in [0.15, 0.2) is 29.8 Å². The number of benzene rings is 1. The van der Waals surface area contributed by atoms with Crippen molar-refractivity contribution in [3.8, 4) is 11.5 Å². The Hall–Kier alpha value is -1.56. The second-order valence-electron chi connectivity index (χ2n) is 8.86. The largest absolute Gasteiger partial charge is 0.497 e. The van der Waals surface area contributed by atoms with Gasteiger partial charge in [-0.1, -0.05) is 26.0 Å². The van der Waals surface area contributed by atoms with Gasteiger partial charge in [-0.3, -0.25) is 4.90 Å². The van der Waals surface area contributed by atoms with Crippen LogP contribution in [0.1, 0.15) is 32.3 Å². The molecule has 4 rings (SSSR count). The Bertz CT molecular complexity index is 700. The molecule has 3 aliphatic carbocycles. The van der Waals surface area contributed by atoms with Crippen LogP contribution in [0.3, 0.4) is 0 Å². The Morgan fingerprint density at radius 1 is 1.25 bits per heavy atom. The number of aliphatic hydroxyl groups is 1. The Kier molecular flexibility index (Phi) is 6.69. The van der Waals surface area contributed by atoms with Crippen LogP contribution in [-0.2, 0) is 11.3 Å². The number of aliphatic hydroxyl groups excluding tert-OH is 1. The predicted octanol–water partition coefficient (Wildman–Crippen LogP) is 3.51. The summed E-state index contributed by atoms with van der Waals surface area (Å²) in [5, 5.41) is 10.4. The van der Waals surface area contributed by atoms with E-state index in [2.05, 4.69) is 24.8 Å². The maximum Gasteiger partial charge on any atom is 0.127 e. The zero-order valence-electron chi connectivity index (χ0n) is 17.9. The lowest BCUT2D eigenvalue weighted by molar-refractivity contribution is -0.0257. The Morgan fingerprint density at radius 3 is 2.68 bits per heavy atom. The molecule has 0 radical (unpaired) electrons. The number of nitrogens with zero attached hydrogens (tertiary/aromatic N) is 1. The molecular weight excluding hydrogens is 354 g/mol. The smallest absolute Gasteiger partial charge is 0.127 e. The van der Waals surface area contributed by atoms with Crippen LogP contribution in [-0.4, -0.2) is 57.1 Å². The van der Waals surface area contributed by atoms with Gasteiger partial charge in [-0.2, -0.15) is 0 Å². The summed E-state index contributed by atoms with van der Waals surface area (Å²) in [4.78, 5) is 2.08. The molecule has 1 aromatic carbocycles. The van der Waals surface area contributed by atoms with Crippen LogP contribution in [0.2, 0.25) is 0 Å². The number of hydrogen-bond acceptors (Lipinski definition) is 5. The molecule has 0 saturated heterocycles. The average Bonchev–Trinajstić information content (AvgIpc) is 2.68. The fourth-order valence-electron chi connectivity index (χ4n) is 4.70. The minimum absolute atomic E-state index is 0.359. The molecule has 3 atom stereocenters. The number of methoxy groups -OCH3 is 2. The van der Waals surface area contributed by atoms with Crippen molar-refractivity contribution in [1.82, 2.24) is 4.90 Å². The third-order valence-electron chi connectivity index (χ3n) is 6.62. The first-order valence-electron chi connectivity index (χ1n) is 10.2. The first-order valence-corrected chi connectivity index (χ1v) is 10.2. The molecular formula is C23H35NO4. The van der Waals surface area contributed by atoms with Crippen LogP contribution in [0, 0.1) is 17.3 Å². The van der Waals surface area contributed by atoms with Crippen molar-refractivity contribution in [2.75, 3.05) is 41.0 Å². The maximum absolute atomic E-state index is 10.4. The van der Waals surface area contributed by atoms with Gasteiger partial charge in [0.1, 0.15) is 11.5 Å². The molecule has 0 amide bonds. The van der Waals surface area contributed by atoms with Gasteiger partial charge in [0.05, 0.1) is 33.5 Å². The van der Waals surface area contributed by atoms with Crippen molar-refractivity contribution in [2.45, 2.75) is 39.3 Å². The van der Waals surface area contributed by atoms with Crippen LogP contribution < -0.4 is 9.47 Å². The fourth-order valence-corrected chi connectivity index (χ4v) is 4.70. The monoisotopic (exact) mass is 389 g/mol. The van der Waals surface area contributed by atoms with Crippen molar-refractivity contribution in [3.63, 3.8) is 0 Å². The highest BCUT2D eigenvalue weighted by Crippen LogP contribution is 2.59. The van der Waals surface area contributed by atoms with E-state index in [1.54, 1.807) is 14.2 Å².